The number of nitrogens with zero attached hydrogens (tertiary/aromatic N) is 2. The van der Waals surface area contributed by atoms with E-state index in [1.165, 1.54) is 17.5 Å². The SMILES string of the molecule is CCCN(CCCCNC(=O)c1ccc(-c2ccccc2)cc1)C1CCc2ccc(C#N)cc2C1. The van der Waals surface area contributed by atoms with Crippen molar-refractivity contribution in [3.8, 4) is 17.2 Å². The third-order valence-corrected chi connectivity index (χ3v) is 6.98. The molecular formula is C31H35N3O. The molecule has 0 aliphatic heterocycles. The third kappa shape index (κ3) is 6.59. The van der Waals surface area contributed by atoms with Gasteiger partial charge in [0.05, 0.1) is 11.6 Å². The largest absolute Gasteiger partial charge is 0.352 e. The molecule has 0 radical (unpaired) electrons. The molecule has 3 aromatic rings. The van der Waals surface area contributed by atoms with Crippen LogP contribution in [0.4, 0.5) is 0 Å². The molecule has 0 saturated carbocycles. The zero-order chi connectivity index (χ0) is 24.5. The fourth-order valence-electron chi connectivity index (χ4n) is 5.07. The van der Waals surface area contributed by atoms with E-state index in [4.69, 9.17) is 0 Å². The molecule has 1 amide bonds. The van der Waals surface area contributed by atoms with E-state index in [0.717, 1.165) is 61.9 Å². The quantitative estimate of drug-likeness (QED) is 0.373. The number of aryl methyl sites for hydroxylation is 1. The van der Waals surface area contributed by atoms with Gasteiger partial charge < -0.3 is 10.2 Å². The number of rotatable bonds is 10. The highest BCUT2D eigenvalue weighted by Gasteiger charge is 2.23. The van der Waals surface area contributed by atoms with E-state index in [-0.39, 0.29) is 5.91 Å². The average Bonchev–Trinajstić information content (AvgIpc) is 2.92. The first-order valence-corrected chi connectivity index (χ1v) is 12.9. The minimum absolute atomic E-state index is 0.00721. The van der Waals surface area contributed by atoms with Crippen LogP contribution in [-0.2, 0) is 12.8 Å². The molecule has 1 unspecified atom stereocenters. The minimum Gasteiger partial charge on any atom is -0.352 e. The Morgan fingerprint density at radius 2 is 1.74 bits per heavy atom. The van der Waals surface area contributed by atoms with Gasteiger partial charge in [-0.05, 0) is 98.1 Å². The van der Waals surface area contributed by atoms with Gasteiger partial charge in [0, 0.05) is 18.2 Å². The summed E-state index contributed by atoms with van der Waals surface area (Å²) in [5, 5.41) is 12.3. The highest BCUT2D eigenvalue weighted by molar-refractivity contribution is 5.94. The van der Waals surface area contributed by atoms with Crippen LogP contribution >= 0.6 is 0 Å². The molecule has 4 heteroatoms. The second-order valence-corrected chi connectivity index (χ2v) is 9.43. The smallest absolute Gasteiger partial charge is 0.251 e. The molecule has 0 spiro atoms. The summed E-state index contributed by atoms with van der Waals surface area (Å²) < 4.78 is 0. The molecule has 1 aliphatic carbocycles. The van der Waals surface area contributed by atoms with E-state index in [1.807, 2.05) is 48.5 Å². The van der Waals surface area contributed by atoms with Gasteiger partial charge in [-0.1, -0.05) is 55.5 Å². The van der Waals surface area contributed by atoms with E-state index in [9.17, 15) is 10.1 Å². The molecule has 180 valence electrons. The van der Waals surface area contributed by atoms with Crippen LogP contribution in [0.1, 0.15) is 59.7 Å². The fourth-order valence-corrected chi connectivity index (χ4v) is 5.07. The topological polar surface area (TPSA) is 56.1 Å². The molecule has 35 heavy (non-hydrogen) atoms. The zero-order valence-electron chi connectivity index (χ0n) is 20.7. The molecule has 0 aromatic heterocycles. The number of unbranched alkanes of at least 4 members (excludes halogenated alkanes) is 1. The highest BCUT2D eigenvalue weighted by Crippen LogP contribution is 2.26. The average molecular weight is 466 g/mol. The van der Waals surface area contributed by atoms with Crippen LogP contribution in [0, 0.1) is 11.3 Å². The van der Waals surface area contributed by atoms with Crippen LogP contribution in [0.3, 0.4) is 0 Å². The van der Waals surface area contributed by atoms with Crippen LogP contribution in [0.5, 0.6) is 0 Å². The van der Waals surface area contributed by atoms with Crippen molar-refractivity contribution in [2.75, 3.05) is 19.6 Å². The number of amides is 1. The lowest BCUT2D eigenvalue weighted by atomic mass is 9.86. The minimum atomic E-state index is -0.00721. The first-order chi connectivity index (χ1) is 17.2. The Labute approximate surface area is 209 Å². The number of carbonyl (C=O) groups is 1. The molecule has 0 saturated heterocycles. The monoisotopic (exact) mass is 465 g/mol. The maximum atomic E-state index is 12.6. The van der Waals surface area contributed by atoms with Gasteiger partial charge in [0.15, 0.2) is 0 Å². The van der Waals surface area contributed by atoms with Crippen molar-refractivity contribution in [3.05, 3.63) is 95.1 Å². The Morgan fingerprint density at radius 1 is 0.971 bits per heavy atom. The summed E-state index contributed by atoms with van der Waals surface area (Å²) in [4.78, 5) is 15.2. The maximum Gasteiger partial charge on any atom is 0.251 e. The second-order valence-electron chi connectivity index (χ2n) is 9.43. The Kier molecular flexibility index (Phi) is 8.70. The highest BCUT2D eigenvalue weighted by atomic mass is 16.1. The van der Waals surface area contributed by atoms with Gasteiger partial charge in [-0.2, -0.15) is 5.26 Å². The van der Waals surface area contributed by atoms with Gasteiger partial charge in [0.2, 0.25) is 0 Å². The molecule has 0 heterocycles. The van der Waals surface area contributed by atoms with E-state index in [0.29, 0.717) is 18.2 Å². The summed E-state index contributed by atoms with van der Waals surface area (Å²) in [6.45, 7) is 5.07. The lowest BCUT2D eigenvalue weighted by Crippen LogP contribution is -2.40. The molecule has 4 rings (SSSR count). The predicted octanol–water partition coefficient (Wildman–Crippen LogP) is 6.00. The van der Waals surface area contributed by atoms with Crippen molar-refractivity contribution in [1.82, 2.24) is 10.2 Å². The first-order valence-electron chi connectivity index (χ1n) is 12.9. The van der Waals surface area contributed by atoms with Gasteiger partial charge in [-0.15, -0.1) is 0 Å². The molecule has 3 aromatic carbocycles. The van der Waals surface area contributed by atoms with Gasteiger partial charge >= 0.3 is 0 Å². The second kappa shape index (κ2) is 12.3. The van der Waals surface area contributed by atoms with E-state index < -0.39 is 0 Å². The standard InChI is InChI=1S/C31H35N3O/c1-2-19-34(30-17-16-27-11-10-24(23-32)21-29(27)22-30)20-7-6-18-33-31(35)28-14-12-26(13-15-28)25-8-4-3-5-9-25/h3-5,8-15,21,30H,2,6-7,16-20,22H2,1H3,(H,33,35). The van der Waals surface area contributed by atoms with Crippen molar-refractivity contribution in [1.29, 1.82) is 5.26 Å². The van der Waals surface area contributed by atoms with Crippen LogP contribution < -0.4 is 5.32 Å². The molecular weight excluding hydrogens is 430 g/mol. The lowest BCUT2D eigenvalue weighted by Gasteiger charge is -2.35. The Hall–Kier alpha value is -3.42. The number of nitrogens with one attached hydrogen (secondary N) is 1. The molecule has 0 fully saturated rings. The number of benzene rings is 3. The number of fused-ring (bicyclic) bond motifs is 1. The molecule has 1 aliphatic rings. The number of carbonyl (C=O) groups excluding carboxylic acids is 1. The Balaban J connectivity index is 1.23. The van der Waals surface area contributed by atoms with Crippen molar-refractivity contribution >= 4 is 5.91 Å². The summed E-state index contributed by atoms with van der Waals surface area (Å²) in [5.41, 5.74) is 6.48. The van der Waals surface area contributed by atoms with Crippen LogP contribution in [0.15, 0.2) is 72.8 Å². The summed E-state index contributed by atoms with van der Waals surface area (Å²) in [7, 11) is 0. The van der Waals surface area contributed by atoms with E-state index in [2.05, 4.69) is 47.5 Å². The molecule has 1 N–H and O–H groups in total. The van der Waals surface area contributed by atoms with Crippen molar-refractivity contribution < 1.29 is 4.79 Å². The Bertz CT molecular complexity index is 1150. The van der Waals surface area contributed by atoms with Crippen molar-refractivity contribution in [3.63, 3.8) is 0 Å². The fraction of sp³-hybridized carbons (Fsp3) is 0.355. The third-order valence-electron chi connectivity index (χ3n) is 6.98. The molecule has 4 nitrogen and oxygen atoms in total. The van der Waals surface area contributed by atoms with Crippen LogP contribution in [-0.4, -0.2) is 36.5 Å². The summed E-state index contributed by atoms with van der Waals surface area (Å²) in [5.74, 6) is -0.00721. The van der Waals surface area contributed by atoms with Crippen LogP contribution in [0.2, 0.25) is 0 Å². The van der Waals surface area contributed by atoms with Gasteiger partial charge in [-0.25, -0.2) is 0 Å². The normalized spacial score (nSPS) is 14.8. The lowest BCUT2D eigenvalue weighted by molar-refractivity contribution is 0.0952. The number of nitriles is 1. The van der Waals surface area contributed by atoms with Gasteiger partial charge in [-0.3, -0.25) is 4.79 Å². The van der Waals surface area contributed by atoms with E-state index in [1.54, 1.807) is 0 Å². The number of hydrogen-bond acceptors (Lipinski definition) is 3. The zero-order valence-corrected chi connectivity index (χ0v) is 20.7. The Morgan fingerprint density at radius 3 is 2.49 bits per heavy atom. The summed E-state index contributed by atoms with van der Waals surface area (Å²) >= 11 is 0. The summed E-state index contributed by atoms with van der Waals surface area (Å²) in [6, 6.07) is 27.0. The van der Waals surface area contributed by atoms with Gasteiger partial charge in [0.25, 0.3) is 5.91 Å². The predicted molar refractivity (Wildman–Crippen MR) is 142 cm³/mol. The van der Waals surface area contributed by atoms with Gasteiger partial charge in [0.1, 0.15) is 0 Å². The molecule has 0 bridgehead atoms. The summed E-state index contributed by atoms with van der Waals surface area (Å²) in [6.07, 6.45) is 6.46. The maximum absolute atomic E-state index is 12.6. The molecule has 1 atom stereocenters. The van der Waals surface area contributed by atoms with Crippen molar-refractivity contribution in [2.45, 2.75) is 51.5 Å². The van der Waals surface area contributed by atoms with Crippen LogP contribution in [0.25, 0.3) is 11.1 Å². The van der Waals surface area contributed by atoms with Crippen molar-refractivity contribution in [2.24, 2.45) is 0 Å². The first kappa shape index (κ1) is 24.7. The van der Waals surface area contributed by atoms with E-state index >= 15 is 0 Å². The number of hydrogen-bond donors (Lipinski definition) is 1.